The number of anilines is 1. The second-order valence-corrected chi connectivity index (χ2v) is 7.46. The van der Waals surface area contributed by atoms with Gasteiger partial charge in [-0.25, -0.2) is 4.98 Å². The number of piperazine rings is 1. The van der Waals surface area contributed by atoms with Crippen LogP contribution in [0.2, 0.25) is 0 Å². The van der Waals surface area contributed by atoms with Gasteiger partial charge in [-0.1, -0.05) is 0 Å². The molecule has 2 unspecified atom stereocenters. The average molecular weight is 343 g/mol. The zero-order valence-electron chi connectivity index (χ0n) is 14.7. The Balaban J connectivity index is 1.55. The standard InChI is InChI=1S/C19H25N3O3/c1-2-25-15(23)12-18-5-6-19(18,13-18)16(24)14-4-3-7-21-17(14)22-10-8-20-9-11-22/h3-4,7,20H,2,5-6,8-13H2,1H3. The van der Waals surface area contributed by atoms with Gasteiger partial charge in [-0.15, -0.1) is 0 Å². The minimum atomic E-state index is -0.356. The van der Waals surface area contributed by atoms with Crippen LogP contribution in [0.15, 0.2) is 18.3 Å². The van der Waals surface area contributed by atoms with Gasteiger partial charge in [0.15, 0.2) is 5.78 Å². The SMILES string of the molecule is CCOC(=O)CC12CCC1(C(=O)c1cccnc1N1CCNCC1)C2. The van der Waals surface area contributed by atoms with Gasteiger partial charge in [0.05, 0.1) is 18.6 Å². The van der Waals surface area contributed by atoms with Crippen LogP contribution in [0.3, 0.4) is 0 Å². The molecule has 2 atom stereocenters. The minimum absolute atomic E-state index is 0.160. The van der Waals surface area contributed by atoms with Crippen molar-refractivity contribution in [3.8, 4) is 0 Å². The Morgan fingerprint density at radius 3 is 2.80 bits per heavy atom. The largest absolute Gasteiger partial charge is 0.466 e. The third-order valence-electron chi connectivity index (χ3n) is 6.23. The van der Waals surface area contributed by atoms with E-state index in [0.717, 1.165) is 56.8 Å². The first-order chi connectivity index (χ1) is 12.1. The van der Waals surface area contributed by atoms with Gasteiger partial charge >= 0.3 is 5.97 Å². The molecular formula is C19H25N3O3. The van der Waals surface area contributed by atoms with Crippen molar-refractivity contribution in [2.75, 3.05) is 37.7 Å². The molecule has 1 aliphatic heterocycles. The summed E-state index contributed by atoms with van der Waals surface area (Å²) in [5, 5.41) is 3.33. The number of Topliss-reactive ketones (excluding diaryl/α,β-unsaturated/α-hetero) is 1. The van der Waals surface area contributed by atoms with Crippen LogP contribution in [0.25, 0.3) is 0 Å². The van der Waals surface area contributed by atoms with Crippen LogP contribution < -0.4 is 10.2 Å². The highest BCUT2D eigenvalue weighted by molar-refractivity contribution is 6.08. The molecule has 1 saturated heterocycles. The monoisotopic (exact) mass is 343 g/mol. The van der Waals surface area contributed by atoms with E-state index in [9.17, 15) is 9.59 Å². The maximum absolute atomic E-state index is 13.4. The van der Waals surface area contributed by atoms with Gasteiger partial charge in [-0.3, -0.25) is 9.59 Å². The third kappa shape index (κ3) is 2.54. The Bertz CT molecular complexity index is 701. The van der Waals surface area contributed by atoms with Gasteiger partial charge in [0.25, 0.3) is 0 Å². The quantitative estimate of drug-likeness (QED) is 0.627. The van der Waals surface area contributed by atoms with Crippen LogP contribution in [-0.4, -0.2) is 49.5 Å². The van der Waals surface area contributed by atoms with Crippen molar-refractivity contribution in [2.45, 2.75) is 32.6 Å². The number of aromatic nitrogens is 1. The molecule has 25 heavy (non-hydrogen) atoms. The van der Waals surface area contributed by atoms with E-state index in [4.69, 9.17) is 4.74 Å². The van der Waals surface area contributed by atoms with E-state index in [0.29, 0.717) is 13.0 Å². The maximum atomic E-state index is 13.4. The number of carbonyl (C=O) groups is 2. The number of nitrogens with one attached hydrogen (secondary N) is 1. The molecule has 0 bridgehead atoms. The highest BCUT2D eigenvalue weighted by atomic mass is 16.5. The number of hydrogen-bond acceptors (Lipinski definition) is 6. The predicted molar refractivity (Wildman–Crippen MR) is 93.6 cm³/mol. The lowest BCUT2D eigenvalue weighted by molar-refractivity contribution is -0.145. The Morgan fingerprint density at radius 2 is 2.12 bits per heavy atom. The first kappa shape index (κ1) is 16.5. The van der Waals surface area contributed by atoms with Gasteiger partial charge < -0.3 is 15.0 Å². The Hall–Kier alpha value is -1.95. The summed E-state index contributed by atoms with van der Waals surface area (Å²) in [7, 11) is 0. The Labute approximate surface area is 147 Å². The van der Waals surface area contributed by atoms with E-state index < -0.39 is 0 Å². The molecule has 1 aromatic heterocycles. The second-order valence-electron chi connectivity index (χ2n) is 7.46. The van der Waals surface area contributed by atoms with Crippen molar-refractivity contribution < 1.29 is 14.3 Å². The molecule has 1 aromatic rings. The third-order valence-corrected chi connectivity index (χ3v) is 6.23. The lowest BCUT2D eigenvalue weighted by Gasteiger charge is -2.35. The van der Waals surface area contributed by atoms with Crippen LogP contribution in [0.1, 0.15) is 43.0 Å². The maximum Gasteiger partial charge on any atom is 0.306 e. The summed E-state index contributed by atoms with van der Waals surface area (Å²) in [5.74, 6) is 0.794. The zero-order valence-corrected chi connectivity index (χ0v) is 14.7. The molecule has 2 saturated carbocycles. The Kier molecular flexibility index (Phi) is 4.02. The molecule has 2 heterocycles. The minimum Gasteiger partial charge on any atom is -0.466 e. The van der Waals surface area contributed by atoms with Crippen LogP contribution >= 0.6 is 0 Å². The van der Waals surface area contributed by atoms with Crippen molar-refractivity contribution in [1.82, 2.24) is 10.3 Å². The lowest BCUT2D eigenvalue weighted by atomic mass is 9.68. The van der Waals surface area contributed by atoms with E-state index in [1.54, 1.807) is 6.20 Å². The fraction of sp³-hybridized carbons (Fsp3) is 0.632. The fourth-order valence-corrected chi connectivity index (χ4v) is 4.69. The van der Waals surface area contributed by atoms with Crippen LogP contribution in [-0.2, 0) is 9.53 Å². The molecule has 0 spiro atoms. The molecule has 3 aliphatic rings. The van der Waals surface area contributed by atoms with Gasteiger partial charge in [-0.05, 0) is 43.7 Å². The summed E-state index contributed by atoms with van der Waals surface area (Å²) in [6.45, 7) is 5.74. The lowest BCUT2D eigenvalue weighted by Crippen LogP contribution is -2.45. The first-order valence-electron chi connectivity index (χ1n) is 9.23. The van der Waals surface area contributed by atoms with E-state index in [1.165, 1.54) is 0 Å². The van der Waals surface area contributed by atoms with E-state index in [-0.39, 0.29) is 22.6 Å². The first-order valence-corrected chi connectivity index (χ1v) is 9.23. The molecule has 0 radical (unpaired) electrons. The summed E-state index contributed by atoms with van der Waals surface area (Å²) in [6, 6.07) is 3.73. The summed E-state index contributed by atoms with van der Waals surface area (Å²) < 4.78 is 5.11. The van der Waals surface area contributed by atoms with Crippen molar-refractivity contribution in [3.63, 3.8) is 0 Å². The topological polar surface area (TPSA) is 71.5 Å². The fourth-order valence-electron chi connectivity index (χ4n) is 4.69. The van der Waals surface area contributed by atoms with Crippen molar-refractivity contribution in [2.24, 2.45) is 10.8 Å². The molecule has 3 fully saturated rings. The average Bonchev–Trinajstić information content (AvgIpc) is 3.10. The molecule has 2 aliphatic carbocycles. The summed E-state index contributed by atoms with van der Waals surface area (Å²) in [6.07, 6.45) is 4.76. The van der Waals surface area contributed by atoms with Gasteiger partial charge in [-0.2, -0.15) is 0 Å². The van der Waals surface area contributed by atoms with Gasteiger partial charge in [0, 0.05) is 37.8 Å². The number of fused-ring (bicyclic) bond motifs is 1. The number of nitrogens with zero attached hydrogens (tertiary/aromatic N) is 2. The number of esters is 1. The van der Waals surface area contributed by atoms with Gasteiger partial charge in [0.2, 0.25) is 0 Å². The van der Waals surface area contributed by atoms with Crippen molar-refractivity contribution >= 4 is 17.6 Å². The van der Waals surface area contributed by atoms with Crippen molar-refractivity contribution in [1.29, 1.82) is 0 Å². The molecule has 0 aromatic carbocycles. The van der Waals surface area contributed by atoms with E-state index in [2.05, 4.69) is 15.2 Å². The summed E-state index contributed by atoms with van der Waals surface area (Å²) in [4.78, 5) is 32.0. The number of rotatable bonds is 6. The van der Waals surface area contributed by atoms with Crippen LogP contribution in [0, 0.1) is 10.8 Å². The van der Waals surface area contributed by atoms with E-state index >= 15 is 0 Å². The van der Waals surface area contributed by atoms with Crippen LogP contribution in [0.4, 0.5) is 5.82 Å². The molecule has 1 N–H and O–H groups in total. The molecule has 4 rings (SSSR count). The summed E-state index contributed by atoms with van der Waals surface area (Å²) in [5.41, 5.74) is 0.202. The molecular weight excluding hydrogens is 318 g/mol. The highest BCUT2D eigenvalue weighted by Gasteiger charge is 2.77. The van der Waals surface area contributed by atoms with Crippen molar-refractivity contribution in [3.05, 3.63) is 23.9 Å². The summed E-state index contributed by atoms with van der Waals surface area (Å²) >= 11 is 0. The smallest absolute Gasteiger partial charge is 0.306 e. The number of carbonyl (C=O) groups excluding carboxylic acids is 2. The number of ether oxygens (including phenoxy) is 1. The van der Waals surface area contributed by atoms with Crippen LogP contribution in [0.5, 0.6) is 0 Å². The van der Waals surface area contributed by atoms with Gasteiger partial charge in [0.1, 0.15) is 5.82 Å². The molecule has 6 heteroatoms. The normalized spacial score (nSPS) is 30.2. The number of ketones is 1. The zero-order chi connectivity index (χ0) is 17.5. The predicted octanol–water partition coefficient (Wildman–Crippen LogP) is 1.80. The second kappa shape index (κ2) is 6.09. The molecule has 6 nitrogen and oxygen atoms in total. The number of hydrogen-bond donors (Lipinski definition) is 1. The van der Waals surface area contributed by atoms with E-state index in [1.807, 2.05) is 19.1 Å². The molecule has 0 amide bonds. The number of pyridine rings is 1. The Morgan fingerprint density at radius 1 is 1.32 bits per heavy atom. The highest BCUT2D eigenvalue weighted by Crippen LogP contribution is 2.80. The molecule has 134 valence electrons.